The molecule has 2 fully saturated rings. The molecule has 1 aliphatic carbocycles. The minimum Gasteiger partial charge on any atom is -0.452 e. The second-order valence-electron chi connectivity index (χ2n) is 8.51. The number of hydrogen-bond donors (Lipinski definition) is 1. The summed E-state index contributed by atoms with van der Waals surface area (Å²) < 4.78 is 5.47. The van der Waals surface area contributed by atoms with Crippen LogP contribution in [0.4, 0.5) is 0 Å². The van der Waals surface area contributed by atoms with Crippen LogP contribution in [-0.4, -0.2) is 47.9 Å². The summed E-state index contributed by atoms with van der Waals surface area (Å²) in [6.07, 6.45) is 3.65. The Morgan fingerprint density at radius 1 is 1.17 bits per heavy atom. The van der Waals surface area contributed by atoms with Crippen LogP contribution in [0.3, 0.4) is 0 Å². The Labute approximate surface area is 177 Å². The topological polar surface area (TPSA) is 75.7 Å². The molecule has 2 amide bonds. The first kappa shape index (κ1) is 21.8. The van der Waals surface area contributed by atoms with E-state index < -0.39 is 6.10 Å². The van der Waals surface area contributed by atoms with Crippen molar-refractivity contribution in [1.82, 2.24) is 10.2 Å². The van der Waals surface area contributed by atoms with Crippen molar-refractivity contribution < 1.29 is 19.1 Å². The molecule has 0 bridgehead atoms. The molecular formula is C22H32N2O4S. The molecular weight excluding hydrogens is 388 g/mol. The van der Waals surface area contributed by atoms with Gasteiger partial charge in [-0.3, -0.25) is 14.4 Å². The van der Waals surface area contributed by atoms with Crippen molar-refractivity contribution in [2.24, 2.45) is 17.8 Å². The van der Waals surface area contributed by atoms with E-state index in [-0.39, 0.29) is 29.7 Å². The van der Waals surface area contributed by atoms with Gasteiger partial charge in [0.05, 0.1) is 10.8 Å². The van der Waals surface area contributed by atoms with Gasteiger partial charge in [0, 0.05) is 19.1 Å². The summed E-state index contributed by atoms with van der Waals surface area (Å²) in [5.41, 5.74) is 0. The van der Waals surface area contributed by atoms with Gasteiger partial charge in [-0.1, -0.05) is 32.8 Å². The van der Waals surface area contributed by atoms with Gasteiger partial charge in [0.25, 0.3) is 11.8 Å². The lowest BCUT2D eigenvalue weighted by Gasteiger charge is -2.35. The zero-order chi connectivity index (χ0) is 21.0. The average molecular weight is 421 g/mol. The number of nitrogens with zero attached hydrogens (tertiary/aromatic N) is 1. The van der Waals surface area contributed by atoms with E-state index in [1.807, 2.05) is 17.5 Å². The predicted molar refractivity (Wildman–Crippen MR) is 113 cm³/mol. The van der Waals surface area contributed by atoms with Gasteiger partial charge >= 0.3 is 5.97 Å². The lowest BCUT2D eigenvalue weighted by molar-refractivity contribution is -0.160. The Hall–Kier alpha value is -1.89. The fourth-order valence-corrected chi connectivity index (χ4v) is 4.97. The van der Waals surface area contributed by atoms with E-state index in [0.29, 0.717) is 37.8 Å². The van der Waals surface area contributed by atoms with Crippen LogP contribution in [0.2, 0.25) is 0 Å². The Bertz CT molecular complexity index is 712. The van der Waals surface area contributed by atoms with Crippen LogP contribution in [0.1, 0.15) is 62.5 Å². The third-order valence-corrected chi connectivity index (χ3v) is 7.40. The minimum atomic E-state index is -0.794. The number of rotatable bonds is 5. The van der Waals surface area contributed by atoms with Crippen molar-refractivity contribution >= 4 is 29.1 Å². The second kappa shape index (κ2) is 9.74. The molecule has 0 aromatic carbocycles. The van der Waals surface area contributed by atoms with Crippen LogP contribution in [0.15, 0.2) is 17.5 Å². The summed E-state index contributed by atoms with van der Waals surface area (Å²) in [5.74, 6) is 0.243. The first-order valence-electron chi connectivity index (χ1n) is 10.7. The zero-order valence-electron chi connectivity index (χ0n) is 17.6. The minimum absolute atomic E-state index is 0.0235. The maximum Gasteiger partial charge on any atom is 0.309 e. The van der Waals surface area contributed by atoms with Crippen LogP contribution in [0, 0.1) is 17.8 Å². The first-order chi connectivity index (χ1) is 13.9. The SMILES string of the molecule is C[C@@H]1[C@@H](C)CCC[C@H]1NC(=O)[C@@H](C)OC(=O)C1CCN(C(=O)c2cccs2)CC1. The summed E-state index contributed by atoms with van der Waals surface area (Å²) >= 11 is 1.43. The lowest BCUT2D eigenvalue weighted by Crippen LogP contribution is -2.48. The van der Waals surface area contributed by atoms with Crippen molar-refractivity contribution in [3.8, 4) is 0 Å². The van der Waals surface area contributed by atoms with Gasteiger partial charge in [-0.15, -0.1) is 11.3 Å². The van der Waals surface area contributed by atoms with Gasteiger partial charge in [-0.05, 0) is 49.5 Å². The molecule has 0 radical (unpaired) electrons. The maximum atomic E-state index is 12.5. The molecule has 1 saturated carbocycles. The van der Waals surface area contributed by atoms with Gasteiger partial charge in [0.1, 0.15) is 0 Å². The number of carbonyl (C=O) groups excluding carboxylic acids is 3. The second-order valence-corrected chi connectivity index (χ2v) is 9.45. The Balaban J connectivity index is 1.44. The number of likely N-dealkylation sites (tertiary alicyclic amines) is 1. The summed E-state index contributed by atoms with van der Waals surface area (Å²) in [4.78, 5) is 40.0. The summed E-state index contributed by atoms with van der Waals surface area (Å²) in [6.45, 7) is 7.11. The standard InChI is InChI=1S/C22H32N2O4S/c1-14-6-4-7-18(15(14)2)23-20(25)16(3)28-22(27)17-9-11-24(12-10-17)21(26)19-8-5-13-29-19/h5,8,13-18H,4,6-7,9-12H2,1-3H3,(H,23,25)/t14-,15+,16+,18+/m0/s1. The maximum absolute atomic E-state index is 12.5. The fraction of sp³-hybridized carbons (Fsp3) is 0.682. The Kier molecular flexibility index (Phi) is 7.33. The number of hydrogen-bond acceptors (Lipinski definition) is 5. The average Bonchev–Trinajstić information content (AvgIpc) is 3.25. The van der Waals surface area contributed by atoms with Crippen LogP contribution in [-0.2, 0) is 14.3 Å². The Morgan fingerprint density at radius 2 is 1.90 bits per heavy atom. The molecule has 3 rings (SSSR count). The van der Waals surface area contributed by atoms with E-state index in [2.05, 4.69) is 19.2 Å². The molecule has 2 heterocycles. The molecule has 1 aliphatic heterocycles. The first-order valence-corrected chi connectivity index (χ1v) is 11.6. The van der Waals surface area contributed by atoms with E-state index >= 15 is 0 Å². The molecule has 160 valence electrons. The summed E-state index contributed by atoms with van der Waals surface area (Å²) in [6, 6.07) is 3.84. The molecule has 0 spiro atoms. The number of esters is 1. The van der Waals surface area contributed by atoms with Crippen molar-refractivity contribution in [3.05, 3.63) is 22.4 Å². The molecule has 2 aliphatic rings. The third kappa shape index (κ3) is 5.38. The normalized spacial score (nSPS) is 26.6. The third-order valence-electron chi connectivity index (χ3n) is 6.54. The number of piperidine rings is 1. The molecule has 7 heteroatoms. The number of amides is 2. The number of thiophene rings is 1. The van der Waals surface area contributed by atoms with E-state index in [1.54, 1.807) is 11.8 Å². The van der Waals surface area contributed by atoms with Crippen LogP contribution < -0.4 is 5.32 Å². The van der Waals surface area contributed by atoms with Crippen molar-refractivity contribution in [2.75, 3.05) is 13.1 Å². The fourth-order valence-electron chi connectivity index (χ4n) is 4.28. The molecule has 1 aromatic heterocycles. The van der Waals surface area contributed by atoms with Crippen LogP contribution in [0.25, 0.3) is 0 Å². The molecule has 1 aromatic rings. The van der Waals surface area contributed by atoms with E-state index in [4.69, 9.17) is 4.74 Å². The predicted octanol–water partition coefficient (Wildman–Crippen LogP) is 3.47. The lowest BCUT2D eigenvalue weighted by atomic mass is 9.78. The summed E-state index contributed by atoms with van der Waals surface area (Å²) in [5, 5.41) is 4.96. The van der Waals surface area contributed by atoms with Gasteiger partial charge in [0.15, 0.2) is 6.10 Å². The molecule has 29 heavy (non-hydrogen) atoms. The molecule has 4 atom stereocenters. The molecule has 0 unspecified atom stereocenters. The van der Waals surface area contributed by atoms with Crippen LogP contribution in [0.5, 0.6) is 0 Å². The Morgan fingerprint density at radius 3 is 2.55 bits per heavy atom. The highest BCUT2D eigenvalue weighted by Crippen LogP contribution is 2.29. The quantitative estimate of drug-likeness (QED) is 0.740. The van der Waals surface area contributed by atoms with Crippen molar-refractivity contribution in [1.29, 1.82) is 0 Å². The molecule has 1 saturated heterocycles. The largest absolute Gasteiger partial charge is 0.452 e. The number of nitrogens with one attached hydrogen (secondary N) is 1. The van der Waals surface area contributed by atoms with Crippen LogP contribution >= 0.6 is 11.3 Å². The van der Waals surface area contributed by atoms with E-state index in [1.165, 1.54) is 17.8 Å². The smallest absolute Gasteiger partial charge is 0.309 e. The van der Waals surface area contributed by atoms with Crippen molar-refractivity contribution in [2.45, 2.75) is 65.0 Å². The summed E-state index contributed by atoms with van der Waals surface area (Å²) in [7, 11) is 0. The van der Waals surface area contributed by atoms with Gasteiger partial charge in [-0.2, -0.15) is 0 Å². The highest BCUT2D eigenvalue weighted by Gasteiger charge is 2.33. The van der Waals surface area contributed by atoms with E-state index in [0.717, 1.165) is 17.7 Å². The highest BCUT2D eigenvalue weighted by atomic mass is 32.1. The number of ether oxygens (including phenoxy) is 1. The highest BCUT2D eigenvalue weighted by molar-refractivity contribution is 7.12. The zero-order valence-corrected chi connectivity index (χ0v) is 18.4. The number of carbonyl (C=O) groups is 3. The molecule has 6 nitrogen and oxygen atoms in total. The van der Waals surface area contributed by atoms with Gasteiger partial charge in [0.2, 0.25) is 0 Å². The van der Waals surface area contributed by atoms with Gasteiger partial charge in [-0.25, -0.2) is 0 Å². The monoisotopic (exact) mass is 420 g/mol. The molecule has 1 N–H and O–H groups in total. The van der Waals surface area contributed by atoms with Crippen molar-refractivity contribution in [3.63, 3.8) is 0 Å². The van der Waals surface area contributed by atoms with Gasteiger partial charge < -0.3 is 15.0 Å². The van der Waals surface area contributed by atoms with E-state index in [9.17, 15) is 14.4 Å².